The van der Waals surface area contributed by atoms with Crippen LogP contribution in [0.15, 0.2) is 34.2 Å². The van der Waals surface area contributed by atoms with Crippen LogP contribution in [0.5, 0.6) is 0 Å². The molecule has 0 bridgehead atoms. The molecule has 4 nitrogen and oxygen atoms in total. The molecule has 1 fully saturated rings. The first-order valence-electron chi connectivity index (χ1n) is 7.14. The Labute approximate surface area is 141 Å². The van der Waals surface area contributed by atoms with Crippen LogP contribution in [0.4, 0.5) is 0 Å². The van der Waals surface area contributed by atoms with E-state index in [2.05, 4.69) is 25.8 Å². The Morgan fingerprint density at radius 1 is 1.41 bits per heavy atom. The molecule has 1 N–H and O–H groups in total. The van der Waals surface area contributed by atoms with Crippen LogP contribution >= 0.6 is 27.3 Å². The average molecular weight is 381 g/mol. The topological polar surface area (TPSA) is 53.4 Å². The lowest BCUT2D eigenvalue weighted by molar-refractivity contribution is -0.141. The summed E-state index contributed by atoms with van der Waals surface area (Å²) in [7, 11) is 0. The summed E-state index contributed by atoms with van der Waals surface area (Å²) in [4.78, 5) is 19.3. The molecule has 0 radical (unpaired) electrons. The lowest BCUT2D eigenvalue weighted by Crippen LogP contribution is -2.23. The minimum Gasteiger partial charge on any atom is -0.481 e. The average Bonchev–Trinajstić information content (AvgIpc) is 3.08. The van der Waals surface area contributed by atoms with Crippen molar-refractivity contribution in [3.05, 3.63) is 50.4 Å². The van der Waals surface area contributed by atoms with Gasteiger partial charge in [-0.15, -0.1) is 11.3 Å². The third-order valence-corrected chi connectivity index (χ3v) is 5.67. The molecule has 0 unspecified atom stereocenters. The van der Waals surface area contributed by atoms with Gasteiger partial charge in [0.25, 0.3) is 0 Å². The predicted molar refractivity (Wildman–Crippen MR) is 90.1 cm³/mol. The van der Waals surface area contributed by atoms with Gasteiger partial charge >= 0.3 is 5.97 Å². The highest BCUT2D eigenvalue weighted by Gasteiger charge is 2.38. The molecule has 0 amide bonds. The smallest absolute Gasteiger partial charge is 0.308 e. The normalized spacial score (nSPS) is 22.1. The molecule has 0 aliphatic carbocycles. The summed E-state index contributed by atoms with van der Waals surface area (Å²) < 4.78 is 1.01. The van der Waals surface area contributed by atoms with Gasteiger partial charge in [-0.1, -0.05) is 28.1 Å². The van der Waals surface area contributed by atoms with Gasteiger partial charge < -0.3 is 5.11 Å². The number of aliphatic carboxylic acids is 1. The number of rotatable bonds is 4. The van der Waals surface area contributed by atoms with E-state index < -0.39 is 5.97 Å². The van der Waals surface area contributed by atoms with Crippen LogP contribution in [-0.2, 0) is 11.3 Å². The number of benzene rings is 1. The number of carbonyl (C=O) groups is 1. The van der Waals surface area contributed by atoms with Crippen molar-refractivity contribution in [3.63, 3.8) is 0 Å². The van der Waals surface area contributed by atoms with E-state index in [1.165, 1.54) is 4.88 Å². The number of hydrogen-bond acceptors (Lipinski definition) is 4. The van der Waals surface area contributed by atoms with E-state index >= 15 is 0 Å². The van der Waals surface area contributed by atoms with E-state index in [9.17, 15) is 9.90 Å². The van der Waals surface area contributed by atoms with Crippen LogP contribution in [0, 0.1) is 12.8 Å². The molecule has 1 aliphatic heterocycles. The van der Waals surface area contributed by atoms with Crippen LogP contribution in [-0.4, -0.2) is 34.0 Å². The largest absolute Gasteiger partial charge is 0.481 e. The zero-order valence-corrected chi connectivity index (χ0v) is 14.6. The second-order valence-electron chi connectivity index (χ2n) is 5.66. The van der Waals surface area contributed by atoms with E-state index in [-0.39, 0.29) is 11.8 Å². The van der Waals surface area contributed by atoms with Crippen molar-refractivity contribution in [2.24, 2.45) is 5.92 Å². The number of aromatic nitrogens is 1. The SMILES string of the molecule is Cc1ncsc1CN1C[C@@H](C(=O)O)[C@H](c2ccc(Br)cc2)C1. The van der Waals surface area contributed by atoms with Gasteiger partial charge in [-0.05, 0) is 24.6 Å². The molecule has 1 saturated heterocycles. The van der Waals surface area contributed by atoms with Crippen LogP contribution in [0.25, 0.3) is 0 Å². The lowest BCUT2D eigenvalue weighted by Gasteiger charge is -2.16. The molecule has 0 spiro atoms. The Balaban J connectivity index is 1.79. The van der Waals surface area contributed by atoms with Crippen molar-refractivity contribution in [2.75, 3.05) is 13.1 Å². The van der Waals surface area contributed by atoms with Crippen LogP contribution in [0.1, 0.15) is 22.1 Å². The van der Waals surface area contributed by atoms with Crippen LogP contribution in [0.3, 0.4) is 0 Å². The highest BCUT2D eigenvalue weighted by Crippen LogP contribution is 2.34. The fourth-order valence-electron chi connectivity index (χ4n) is 2.99. The highest BCUT2D eigenvalue weighted by molar-refractivity contribution is 9.10. The molecule has 22 heavy (non-hydrogen) atoms. The number of carboxylic acids is 1. The van der Waals surface area contributed by atoms with Gasteiger partial charge in [0, 0.05) is 34.9 Å². The van der Waals surface area contributed by atoms with Gasteiger partial charge in [0.15, 0.2) is 0 Å². The van der Waals surface area contributed by atoms with Crippen LogP contribution in [0.2, 0.25) is 0 Å². The summed E-state index contributed by atoms with van der Waals surface area (Å²) in [5, 5.41) is 9.55. The number of hydrogen-bond donors (Lipinski definition) is 1. The van der Waals surface area contributed by atoms with Crippen molar-refractivity contribution >= 4 is 33.2 Å². The molecule has 1 aliphatic rings. The maximum atomic E-state index is 11.6. The number of aryl methyl sites for hydroxylation is 1. The third kappa shape index (κ3) is 3.24. The second-order valence-corrected chi connectivity index (χ2v) is 7.51. The molecular formula is C16H17BrN2O2S. The standard InChI is InChI=1S/C16H17BrN2O2S/c1-10-15(22-9-18-10)8-19-6-13(14(7-19)16(20)21)11-2-4-12(17)5-3-11/h2-5,9,13-14H,6-8H2,1H3,(H,20,21)/t13-,14+/m0/s1. The summed E-state index contributed by atoms with van der Waals surface area (Å²) in [6.45, 7) is 4.15. The molecule has 1 aromatic heterocycles. The quantitative estimate of drug-likeness (QED) is 0.881. The molecule has 0 saturated carbocycles. The molecule has 2 atom stereocenters. The summed E-state index contributed by atoms with van der Waals surface area (Å²) in [6.07, 6.45) is 0. The molecule has 2 heterocycles. The minimum absolute atomic E-state index is 0.0406. The van der Waals surface area contributed by atoms with Crippen molar-refractivity contribution in [1.29, 1.82) is 0 Å². The Kier molecular flexibility index (Phi) is 4.61. The van der Waals surface area contributed by atoms with E-state index in [1.807, 2.05) is 36.7 Å². The monoisotopic (exact) mass is 380 g/mol. The van der Waals surface area contributed by atoms with E-state index in [1.54, 1.807) is 11.3 Å². The third-order valence-electron chi connectivity index (χ3n) is 4.22. The molecule has 6 heteroatoms. The summed E-state index contributed by atoms with van der Waals surface area (Å²) >= 11 is 5.06. The highest BCUT2D eigenvalue weighted by atomic mass is 79.9. The van der Waals surface area contributed by atoms with Crippen LogP contribution < -0.4 is 0 Å². The fraction of sp³-hybridized carbons (Fsp3) is 0.375. The van der Waals surface area contributed by atoms with Gasteiger partial charge in [0.1, 0.15) is 0 Å². The summed E-state index contributed by atoms with van der Waals surface area (Å²) in [5.41, 5.74) is 3.99. The zero-order chi connectivity index (χ0) is 15.7. The first-order chi connectivity index (χ1) is 10.5. The first kappa shape index (κ1) is 15.6. The van der Waals surface area contributed by atoms with Gasteiger partial charge in [-0.3, -0.25) is 9.69 Å². The minimum atomic E-state index is -0.712. The van der Waals surface area contributed by atoms with Crippen molar-refractivity contribution < 1.29 is 9.90 Å². The molecule has 116 valence electrons. The Morgan fingerprint density at radius 3 is 2.73 bits per heavy atom. The summed E-state index contributed by atoms with van der Waals surface area (Å²) in [6, 6.07) is 7.99. The van der Waals surface area contributed by atoms with Crippen molar-refractivity contribution in [1.82, 2.24) is 9.88 Å². The lowest BCUT2D eigenvalue weighted by atomic mass is 9.89. The number of likely N-dealkylation sites (tertiary alicyclic amines) is 1. The number of thiazole rings is 1. The maximum Gasteiger partial charge on any atom is 0.308 e. The van der Waals surface area contributed by atoms with Gasteiger partial charge in [-0.2, -0.15) is 0 Å². The number of carboxylic acid groups (broad SMARTS) is 1. The Hall–Kier alpha value is -1.24. The number of nitrogens with zero attached hydrogens (tertiary/aromatic N) is 2. The Bertz CT molecular complexity index is 671. The van der Waals surface area contributed by atoms with E-state index in [0.717, 1.165) is 28.8 Å². The first-order valence-corrected chi connectivity index (χ1v) is 8.81. The fourth-order valence-corrected chi connectivity index (χ4v) is 4.08. The molecule has 1 aromatic carbocycles. The van der Waals surface area contributed by atoms with Gasteiger partial charge in [0.05, 0.1) is 17.1 Å². The second kappa shape index (κ2) is 6.48. The van der Waals surface area contributed by atoms with E-state index in [0.29, 0.717) is 6.54 Å². The van der Waals surface area contributed by atoms with E-state index in [4.69, 9.17) is 0 Å². The Morgan fingerprint density at radius 2 is 2.14 bits per heavy atom. The maximum absolute atomic E-state index is 11.6. The van der Waals surface area contributed by atoms with Gasteiger partial charge in [-0.25, -0.2) is 4.98 Å². The number of halogens is 1. The molecule has 2 aromatic rings. The molecule has 3 rings (SSSR count). The zero-order valence-electron chi connectivity index (χ0n) is 12.2. The van der Waals surface area contributed by atoms with Gasteiger partial charge in [0.2, 0.25) is 0 Å². The summed E-state index contributed by atoms with van der Waals surface area (Å²) in [5.74, 6) is -1.02. The molecular weight excluding hydrogens is 364 g/mol. The van der Waals surface area contributed by atoms with Crippen molar-refractivity contribution in [3.8, 4) is 0 Å². The predicted octanol–water partition coefficient (Wildman–Crippen LogP) is 3.51. The van der Waals surface area contributed by atoms with Crippen molar-refractivity contribution in [2.45, 2.75) is 19.4 Å².